The van der Waals surface area contributed by atoms with Gasteiger partial charge in [-0.15, -0.1) is 10.2 Å². The summed E-state index contributed by atoms with van der Waals surface area (Å²) >= 11 is 0. The van der Waals surface area contributed by atoms with Crippen LogP contribution < -0.4 is 0 Å². The molecule has 0 atom stereocenters. The van der Waals surface area contributed by atoms with Gasteiger partial charge >= 0.3 is 5.97 Å². The van der Waals surface area contributed by atoms with Gasteiger partial charge in [-0.2, -0.15) is 0 Å². The van der Waals surface area contributed by atoms with Crippen LogP contribution in [0, 0.1) is 0 Å². The van der Waals surface area contributed by atoms with Gasteiger partial charge in [-0.1, -0.05) is 0 Å². The van der Waals surface area contributed by atoms with Crippen LogP contribution in [0.4, 0.5) is 0 Å². The molecule has 0 amide bonds. The number of rotatable bonds is 2. The number of hydrogen-bond acceptors (Lipinski definition) is 6. The quantitative estimate of drug-likeness (QED) is 0.650. The largest absolute Gasteiger partial charge is 0.464 e. The van der Waals surface area contributed by atoms with E-state index in [1.807, 2.05) is 23.7 Å². The van der Waals surface area contributed by atoms with Crippen molar-refractivity contribution >= 4 is 17.1 Å². The third-order valence-electron chi connectivity index (χ3n) is 2.95. The van der Waals surface area contributed by atoms with E-state index in [-0.39, 0.29) is 5.69 Å². The van der Waals surface area contributed by atoms with E-state index in [0.717, 1.165) is 5.52 Å². The van der Waals surface area contributed by atoms with Crippen LogP contribution in [0.3, 0.4) is 0 Å². The standard InChI is InChI=1S/C13H11N5O2/c1-18-10-4-3-7-14-11(10)15-12(18)8-5-6-9(17-16-8)13(19)20-2/h3-7H,1-2H3. The molecule has 0 aliphatic carbocycles. The molecule has 7 nitrogen and oxygen atoms in total. The van der Waals surface area contributed by atoms with E-state index in [1.54, 1.807) is 18.3 Å². The van der Waals surface area contributed by atoms with Crippen molar-refractivity contribution in [2.45, 2.75) is 0 Å². The van der Waals surface area contributed by atoms with Gasteiger partial charge in [0.25, 0.3) is 0 Å². The van der Waals surface area contributed by atoms with Crippen LogP contribution in [0.5, 0.6) is 0 Å². The van der Waals surface area contributed by atoms with Gasteiger partial charge in [-0.3, -0.25) is 0 Å². The Morgan fingerprint density at radius 2 is 2.10 bits per heavy atom. The zero-order valence-corrected chi connectivity index (χ0v) is 10.9. The lowest BCUT2D eigenvalue weighted by molar-refractivity contribution is 0.0592. The van der Waals surface area contributed by atoms with Crippen molar-refractivity contribution in [1.29, 1.82) is 0 Å². The van der Waals surface area contributed by atoms with Crippen molar-refractivity contribution < 1.29 is 9.53 Å². The number of imidazole rings is 1. The molecular formula is C13H11N5O2. The van der Waals surface area contributed by atoms with Gasteiger partial charge in [0, 0.05) is 13.2 Å². The molecule has 20 heavy (non-hydrogen) atoms. The molecular weight excluding hydrogens is 258 g/mol. The highest BCUT2D eigenvalue weighted by molar-refractivity contribution is 5.87. The van der Waals surface area contributed by atoms with Gasteiger partial charge in [0.15, 0.2) is 17.2 Å². The van der Waals surface area contributed by atoms with Crippen LogP contribution in [0.25, 0.3) is 22.7 Å². The predicted octanol–water partition coefficient (Wildman–Crippen LogP) is 1.21. The molecule has 7 heteroatoms. The Hall–Kier alpha value is -2.83. The Labute approximate surface area is 114 Å². The van der Waals surface area contributed by atoms with Crippen molar-refractivity contribution in [2.75, 3.05) is 7.11 Å². The topological polar surface area (TPSA) is 82.8 Å². The van der Waals surface area contributed by atoms with Gasteiger partial charge < -0.3 is 9.30 Å². The lowest BCUT2D eigenvalue weighted by atomic mass is 10.3. The van der Waals surface area contributed by atoms with Crippen LogP contribution >= 0.6 is 0 Å². The summed E-state index contributed by atoms with van der Waals surface area (Å²) < 4.78 is 6.46. The predicted molar refractivity (Wildman–Crippen MR) is 70.9 cm³/mol. The maximum Gasteiger partial charge on any atom is 0.358 e. The summed E-state index contributed by atoms with van der Waals surface area (Å²) in [5.41, 5.74) is 2.27. The van der Waals surface area contributed by atoms with Crippen molar-refractivity contribution in [3.8, 4) is 11.5 Å². The first-order valence-electron chi connectivity index (χ1n) is 5.90. The highest BCUT2D eigenvalue weighted by Gasteiger charge is 2.13. The van der Waals surface area contributed by atoms with E-state index in [1.165, 1.54) is 7.11 Å². The summed E-state index contributed by atoms with van der Waals surface area (Å²) in [6.45, 7) is 0. The molecule has 0 unspecified atom stereocenters. The van der Waals surface area contributed by atoms with Gasteiger partial charge in [0.1, 0.15) is 5.69 Å². The fourth-order valence-corrected chi connectivity index (χ4v) is 1.92. The third-order valence-corrected chi connectivity index (χ3v) is 2.95. The fraction of sp³-hybridized carbons (Fsp3) is 0.154. The minimum Gasteiger partial charge on any atom is -0.464 e. The molecule has 3 aromatic rings. The second kappa shape index (κ2) is 4.69. The van der Waals surface area contributed by atoms with E-state index in [4.69, 9.17) is 0 Å². The molecule has 0 bridgehead atoms. The summed E-state index contributed by atoms with van der Waals surface area (Å²) in [5, 5.41) is 7.85. The van der Waals surface area contributed by atoms with E-state index in [2.05, 4.69) is 24.9 Å². The highest BCUT2D eigenvalue weighted by atomic mass is 16.5. The number of ether oxygens (including phenoxy) is 1. The first-order valence-corrected chi connectivity index (χ1v) is 5.90. The number of aromatic nitrogens is 5. The van der Waals surface area contributed by atoms with Gasteiger partial charge in [-0.25, -0.2) is 14.8 Å². The zero-order chi connectivity index (χ0) is 14.1. The van der Waals surface area contributed by atoms with Crippen LogP contribution in [-0.4, -0.2) is 37.8 Å². The Morgan fingerprint density at radius 1 is 1.25 bits per heavy atom. The molecule has 0 aliphatic rings. The number of fused-ring (bicyclic) bond motifs is 1. The Balaban J connectivity index is 2.07. The van der Waals surface area contributed by atoms with Crippen LogP contribution in [-0.2, 0) is 11.8 Å². The number of hydrogen-bond donors (Lipinski definition) is 0. The maximum absolute atomic E-state index is 11.3. The highest BCUT2D eigenvalue weighted by Crippen LogP contribution is 2.20. The number of nitrogens with zero attached hydrogens (tertiary/aromatic N) is 5. The summed E-state index contributed by atoms with van der Waals surface area (Å²) in [4.78, 5) is 19.9. The molecule has 0 N–H and O–H groups in total. The smallest absolute Gasteiger partial charge is 0.358 e. The normalized spacial score (nSPS) is 10.7. The minimum atomic E-state index is -0.518. The number of methoxy groups -OCH3 is 1. The van der Waals surface area contributed by atoms with Gasteiger partial charge in [0.2, 0.25) is 0 Å². The molecule has 0 saturated heterocycles. The number of esters is 1. The van der Waals surface area contributed by atoms with Crippen molar-refractivity contribution in [1.82, 2.24) is 24.7 Å². The monoisotopic (exact) mass is 269 g/mol. The second-order valence-corrected chi connectivity index (χ2v) is 4.14. The van der Waals surface area contributed by atoms with Crippen molar-refractivity contribution in [3.63, 3.8) is 0 Å². The molecule has 0 fully saturated rings. The first kappa shape index (κ1) is 12.2. The summed E-state index contributed by atoms with van der Waals surface area (Å²) in [6.07, 6.45) is 1.69. The number of aryl methyl sites for hydroxylation is 1. The summed E-state index contributed by atoms with van der Waals surface area (Å²) in [6, 6.07) is 7.01. The van der Waals surface area contributed by atoms with E-state index < -0.39 is 5.97 Å². The molecule has 0 aliphatic heterocycles. The van der Waals surface area contributed by atoms with Gasteiger partial charge in [-0.05, 0) is 24.3 Å². The maximum atomic E-state index is 11.3. The number of carbonyl (C=O) groups is 1. The number of carbonyl (C=O) groups excluding carboxylic acids is 1. The molecule has 0 radical (unpaired) electrons. The van der Waals surface area contributed by atoms with E-state index in [0.29, 0.717) is 17.2 Å². The SMILES string of the molecule is COC(=O)c1ccc(-c2nc3ncccc3n2C)nn1. The third kappa shape index (κ3) is 1.89. The van der Waals surface area contributed by atoms with Crippen LogP contribution in [0.1, 0.15) is 10.5 Å². The summed E-state index contributed by atoms with van der Waals surface area (Å²) in [7, 11) is 3.18. The lowest BCUT2D eigenvalue weighted by Crippen LogP contribution is -2.06. The van der Waals surface area contributed by atoms with Gasteiger partial charge in [0.05, 0.1) is 12.6 Å². The molecule has 0 aromatic carbocycles. The summed E-state index contributed by atoms with van der Waals surface area (Å²) in [5.74, 6) is 0.123. The Morgan fingerprint density at radius 3 is 2.75 bits per heavy atom. The lowest BCUT2D eigenvalue weighted by Gasteiger charge is -2.01. The average Bonchev–Trinajstić information content (AvgIpc) is 2.84. The number of pyridine rings is 1. The van der Waals surface area contributed by atoms with Crippen LogP contribution in [0.2, 0.25) is 0 Å². The molecule has 0 saturated carbocycles. The van der Waals surface area contributed by atoms with Crippen molar-refractivity contribution in [2.24, 2.45) is 7.05 Å². The molecule has 0 spiro atoms. The van der Waals surface area contributed by atoms with Crippen molar-refractivity contribution in [3.05, 3.63) is 36.2 Å². The molecule has 3 aromatic heterocycles. The fourth-order valence-electron chi connectivity index (χ4n) is 1.92. The molecule has 3 rings (SSSR count). The second-order valence-electron chi connectivity index (χ2n) is 4.14. The average molecular weight is 269 g/mol. The van der Waals surface area contributed by atoms with E-state index >= 15 is 0 Å². The zero-order valence-electron chi connectivity index (χ0n) is 10.9. The van der Waals surface area contributed by atoms with Crippen LogP contribution in [0.15, 0.2) is 30.5 Å². The first-order chi connectivity index (χ1) is 9.70. The molecule has 3 heterocycles. The van der Waals surface area contributed by atoms with E-state index in [9.17, 15) is 4.79 Å². The minimum absolute atomic E-state index is 0.160. The molecule has 100 valence electrons. The Bertz CT molecular complexity index is 779. The Kier molecular flexibility index (Phi) is 2.86.